The number of hydrogen-bond donors (Lipinski definition) is 0. The molecule has 0 aliphatic rings. The third-order valence-corrected chi connectivity index (χ3v) is 7.14. The van der Waals surface area contributed by atoms with Crippen molar-refractivity contribution < 1.29 is 4.79 Å². The molecular formula is C30H27BrN2O. The zero-order valence-electron chi connectivity index (χ0n) is 19.4. The van der Waals surface area contributed by atoms with Crippen molar-refractivity contribution in [2.24, 2.45) is 0 Å². The summed E-state index contributed by atoms with van der Waals surface area (Å²) in [6, 6.07) is 32.9. The van der Waals surface area contributed by atoms with Gasteiger partial charge in [0.25, 0.3) is 5.91 Å². The number of amides is 1. The highest BCUT2D eigenvalue weighted by Crippen LogP contribution is 2.31. The lowest BCUT2D eigenvalue weighted by Crippen LogP contribution is -2.33. The number of rotatable bonds is 6. The molecule has 0 N–H and O–H groups in total. The van der Waals surface area contributed by atoms with Crippen molar-refractivity contribution in [1.29, 1.82) is 0 Å². The second kappa shape index (κ2) is 9.47. The second-order valence-corrected chi connectivity index (χ2v) is 9.56. The number of carbonyl (C=O) groups excluding carboxylic acids is 1. The molecule has 1 aromatic heterocycles. The Kier molecular flexibility index (Phi) is 6.25. The van der Waals surface area contributed by atoms with E-state index < -0.39 is 0 Å². The number of carbonyl (C=O) groups is 1. The lowest BCUT2D eigenvalue weighted by Gasteiger charge is -2.30. The molecule has 0 radical (unpaired) electrons. The number of hydrogen-bond acceptors (Lipinski definition) is 1. The fourth-order valence-corrected chi connectivity index (χ4v) is 5.06. The minimum absolute atomic E-state index is 0.0277. The summed E-state index contributed by atoms with van der Waals surface area (Å²) in [6.45, 7) is 5.74. The van der Waals surface area contributed by atoms with Crippen LogP contribution in [-0.2, 0) is 13.1 Å². The van der Waals surface area contributed by atoms with Crippen LogP contribution in [0, 0.1) is 0 Å². The topological polar surface area (TPSA) is 25.2 Å². The van der Waals surface area contributed by atoms with Gasteiger partial charge < -0.3 is 9.47 Å². The van der Waals surface area contributed by atoms with E-state index in [0.717, 1.165) is 22.1 Å². The van der Waals surface area contributed by atoms with E-state index in [1.54, 1.807) is 0 Å². The highest BCUT2D eigenvalue weighted by molar-refractivity contribution is 9.10. The van der Waals surface area contributed by atoms with Crippen LogP contribution in [0.2, 0.25) is 0 Å². The van der Waals surface area contributed by atoms with E-state index in [-0.39, 0.29) is 11.9 Å². The zero-order valence-corrected chi connectivity index (χ0v) is 21.0. The quantitative estimate of drug-likeness (QED) is 0.227. The maximum Gasteiger partial charge on any atom is 0.254 e. The maximum absolute atomic E-state index is 13.7. The van der Waals surface area contributed by atoms with Crippen molar-refractivity contribution in [3.8, 4) is 0 Å². The zero-order chi connectivity index (χ0) is 23.7. The van der Waals surface area contributed by atoms with Gasteiger partial charge in [-0.2, -0.15) is 0 Å². The van der Waals surface area contributed by atoms with E-state index in [4.69, 9.17) is 0 Å². The van der Waals surface area contributed by atoms with E-state index in [2.05, 4.69) is 88.9 Å². The fourth-order valence-electron chi connectivity index (χ4n) is 4.79. The first-order valence-electron chi connectivity index (χ1n) is 11.7. The first-order valence-corrected chi connectivity index (χ1v) is 12.5. The molecule has 34 heavy (non-hydrogen) atoms. The molecule has 5 aromatic rings. The van der Waals surface area contributed by atoms with Gasteiger partial charge in [-0.05, 0) is 67.4 Å². The summed E-state index contributed by atoms with van der Waals surface area (Å²) >= 11 is 3.47. The van der Waals surface area contributed by atoms with Gasteiger partial charge in [0, 0.05) is 44.9 Å². The highest BCUT2D eigenvalue weighted by atomic mass is 79.9. The van der Waals surface area contributed by atoms with Crippen LogP contribution in [0.3, 0.4) is 0 Å². The van der Waals surface area contributed by atoms with Crippen LogP contribution in [0.15, 0.2) is 102 Å². The largest absolute Gasteiger partial charge is 0.341 e. The van der Waals surface area contributed by atoms with Gasteiger partial charge in [-0.25, -0.2) is 0 Å². The minimum Gasteiger partial charge on any atom is -0.341 e. The molecule has 0 saturated carbocycles. The van der Waals surface area contributed by atoms with Crippen molar-refractivity contribution in [3.63, 3.8) is 0 Å². The molecule has 0 fully saturated rings. The van der Waals surface area contributed by atoms with E-state index in [1.165, 1.54) is 21.8 Å². The lowest BCUT2D eigenvalue weighted by atomic mass is 10.0. The summed E-state index contributed by atoms with van der Waals surface area (Å²) in [4.78, 5) is 15.7. The van der Waals surface area contributed by atoms with E-state index >= 15 is 0 Å². The predicted molar refractivity (Wildman–Crippen MR) is 144 cm³/mol. The summed E-state index contributed by atoms with van der Waals surface area (Å²) in [5, 5.41) is 2.49. The Morgan fingerprint density at radius 2 is 1.53 bits per heavy atom. The number of aromatic nitrogens is 1. The van der Waals surface area contributed by atoms with Crippen molar-refractivity contribution in [2.45, 2.75) is 33.0 Å². The second-order valence-electron chi connectivity index (χ2n) is 8.64. The predicted octanol–water partition coefficient (Wildman–Crippen LogP) is 7.98. The van der Waals surface area contributed by atoms with E-state index in [1.807, 2.05) is 47.4 Å². The molecule has 0 aliphatic heterocycles. The smallest absolute Gasteiger partial charge is 0.254 e. The Morgan fingerprint density at radius 3 is 2.26 bits per heavy atom. The molecule has 0 aliphatic carbocycles. The van der Waals surface area contributed by atoms with Gasteiger partial charge in [-0.3, -0.25) is 4.79 Å². The van der Waals surface area contributed by atoms with Gasteiger partial charge in [0.2, 0.25) is 0 Å². The van der Waals surface area contributed by atoms with Gasteiger partial charge in [-0.1, -0.05) is 70.5 Å². The normalized spacial score (nSPS) is 12.2. The molecule has 4 heteroatoms. The van der Waals surface area contributed by atoms with Crippen LogP contribution in [0.5, 0.6) is 0 Å². The first kappa shape index (κ1) is 22.4. The number of benzene rings is 4. The minimum atomic E-state index is -0.0648. The molecule has 1 amide bonds. The highest BCUT2D eigenvalue weighted by Gasteiger charge is 2.23. The Labute approximate surface area is 208 Å². The maximum atomic E-state index is 13.7. The number of fused-ring (bicyclic) bond motifs is 3. The molecule has 0 bridgehead atoms. The van der Waals surface area contributed by atoms with Crippen LogP contribution in [0.1, 0.15) is 41.4 Å². The monoisotopic (exact) mass is 510 g/mol. The molecule has 4 aromatic carbocycles. The molecule has 5 rings (SSSR count). The lowest BCUT2D eigenvalue weighted by molar-refractivity contribution is 0.0674. The number of aryl methyl sites for hydroxylation is 1. The van der Waals surface area contributed by atoms with Crippen molar-refractivity contribution in [2.75, 3.05) is 0 Å². The Hall–Kier alpha value is -3.37. The van der Waals surface area contributed by atoms with E-state index in [9.17, 15) is 4.79 Å². The standard InChI is InChI=1S/C30H27BrN2O/c1-3-32-28-12-8-7-11-26(28)27-19-22(13-18-29(27)32)20-33(21(2)23-9-5-4-6-10-23)30(34)24-14-16-25(31)17-15-24/h4-19,21H,3,20H2,1-2H3. The first-order chi connectivity index (χ1) is 16.6. The summed E-state index contributed by atoms with van der Waals surface area (Å²) in [6.07, 6.45) is 0. The van der Waals surface area contributed by atoms with Gasteiger partial charge in [-0.15, -0.1) is 0 Å². The van der Waals surface area contributed by atoms with Crippen LogP contribution in [0.4, 0.5) is 0 Å². The summed E-state index contributed by atoms with van der Waals surface area (Å²) in [5.41, 5.74) is 5.41. The van der Waals surface area contributed by atoms with Gasteiger partial charge in [0.15, 0.2) is 0 Å². The molecule has 170 valence electrons. The SMILES string of the molecule is CCn1c2ccccc2c2cc(CN(C(=O)c3ccc(Br)cc3)C(C)c3ccccc3)ccc21. The molecule has 0 saturated heterocycles. The van der Waals surface area contributed by atoms with Gasteiger partial charge in [0.1, 0.15) is 0 Å². The van der Waals surface area contributed by atoms with Crippen LogP contribution in [-0.4, -0.2) is 15.4 Å². The molecule has 3 nitrogen and oxygen atoms in total. The molecule has 1 unspecified atom stereocenters. The van der Waals surface area contributed by atoms with Gasteiger partial charge in [0.05, 0.1) is 6.04 Å². The third kappa shape index (κ3) is 4.14. The summed E-state index contributed by atoms with van der Waals surface area (Å²) in [7, 11) is 0. The number of nitrogens with zero attached hydrogens (tertiary/aromatic N) is 2. The average molecular weight is 511 g/mol. The van der Waals surface area contributed by atoms with Crippen LogP contribution < -0.4 is 0 Å². The van der Waals surface area contributed by atoms with Crippen molar-refractivity contribution >= 4 is 43.6 Å². The molecule has 1 heterocycles. The Bertz CT molecular complexity index is 1450. The summed E-state index contributed by atoms with van der Waals surface area (Å²) in [5.74, 6) is 0.0277. The molecule has 1 atom stereocenters. The molecule has 0 spiro atoms. The summed E-state index contributed by atoms with van der Waals surface area (Å²) < 4.78 is 3.32. The van der Waals surface area contributed by atoms with Crippen LogP contribution >= 0.6 is 15.9 Å². The average Bonchev–Trinajstić information content (AvgIpc) is 3.20. The Morgan fingerprint density at radius 1 is 0.853 bits per heavy atom. The number of halogens is 1. The van der Waals surface area contributed by atoms with Crippen molar-refractivity contribution in [1.82, 2.24) is 9.47 Å². The third-order valence-electron chi connectivity index (χ3n) is 6.61. The Balaban J connectivity index is 1.57. The molecular weight excluding hydrogens is 484 g/mol. The van der Waals surface area contributed by atoms with Gasteiger partial charge >= 0.3 is 0 Å². The fraction of sp³-hybridized carbons (Fsp3) is 0.167. The number of para-hydroxylation sites is 1. The van der Waals surface area contributed by atoms with E-state index in [0.29, 0.717) is 12.1 Å². The van der Waals surface area contributed by atoms with Crippen molar-refractivity contribution in [3.05, 3.63) is 118 Å². The van der Waals surface area contributed by atoms with Crippen LogP contribution in [0.25, 0.3) is 21.8 Å².